The molecular formula is C12H23BrO. The molecule has 3 unspecified atom stereocenters. The molecule has 1 fully saturated rings. The van der Waals surface area contributed by atoms with Gasteiger partial charge in [-0.05, 0) is 32.1 Å². The summed E-state index contributed by atoms with van der Waals surface area (Å²) in [6.45, 7) is 6.72. The van der Waals surface area contributed by atoms with Gasteiger partial charge in [-0.1, -0.05) is 42.6 Å². The van der Waals surface area contributed by atoms with Crippen LogP contribution in [0.4, 0.5) is 0 Å². The minimum absolute atomic E-state index is 0.415. The number of ether oxygens (including phenoxy) is 1. The maximum absolute atomic E-state index is 6.07. The summed E-state index contributed by atoms with van der Waals surface area (Å²) in [5, 5.41) is 0. The van der Waals surface area contributed by atoms with Crippen LogP contribution in [0.5, 0.6) is 0 Å². The second kappa shape index (κ2) is 6.12. The molecule has 0 bridgehead atoms. The van der Waals surface area contributed by atoms with E-state index in [-0.39, 0.29) is 0 Å². The van der Waals surface area contributed by atoms with Crippen molar-refractivity contribution in [3.8, 4) is 0 Å². The molecule has 1 aliphatic carbocycles. The van der Waals surface area contributed by atoms with E-state index in [1.54, 1.807) is 0 Å². The minimum atomic E-state index is 0.415. The Morgan fingerprint density at radius 1 is 1.21 bits per heavy atom. The van der Waals surface area contributed by atoms with E-state index in [1.807, 2.05) is 0 Å². The molecule has 0 saturated heterocycles. The molecule has 1 aliphatic rings. The lowest BCUT2D eigenvalue weighted by molar-refractivity contribution is -0.0244. The first-order chi connectivity index (χ1) is 6.59. The van der Waals surface area contributed by atoms with Crippen LogP contribution in [0.15, 0.2) is 0 Å². The van der Waals surface area contributed by atoms with Crippen molar-refractivity contribution < 1.29 is 4.74 Å². The molecular weight excluding hydrogens is 240 g/mol. The third kappa shape index (κ3) is 4.31. The van der Waals surface area contributed by atoms with Gasteiger partial charge in [-0.15, -0.1) is 0 Å². The van der Waals surface area contributed by atoms with Crippen LogP contribution in [0.3, 0.4) is 0 Å². The van der Waals surface area contributed by atoms with Crippen LogP contribution in [0, 0.1) is 5.92 Å². The van der Waals surface area contributed by atoms with Crippen molar-refractivity contribution in [2.45, 2.75) is 69.9 Å². The van der Waals surface area contributed by atoms with Gasteiger partial charge in [-0.25, -0.2) is 0 Å². The Balaban J connectivity index is 2.27. The zero-order valence-corrected chi connectivity index (χ0v) is 11.2. The number of hydrogen-bond donors (Lipinski definition) is 0. The Labute approximate surface area is 96.7 Å². The van der Waals surface area contributed by atoms with Gasteiger partial charge in [0.25, 0.3) is 0 Å². The van der Waals surface area contributed by atoms with E-state index in [9.17, 15) is 0 Å². The Morgan fingerprint density at radius 2 is 1.86 bits per heavy atom. The molecule has 0 radical (unpaired) electrons. The van der Waals surface area contributed by atoms with Crippen molar-refractivity contribution in [3.05, 3.63) is 0 Å². The number of rotatable bonds is 4. The van der Waals surface area contributed by atoms with Gasteiger partial charge < -0.3 is 4.74 Å². The van der Waals surface area contributed by atoms with Gasteiger partial charge in [-0.3, -0.25) is 0 Å². The molecule has 0 aromatic rings. The van der Waals surface area contributed by atoms with Crippen LogP contribution in [0.25, 0.3) is 0 Å². The molecule has 3 atom stereocenters. The van der Waals surface area contributed by atoms with Gasteiger partial charge in [-0.2, -0.15) is 0 Å². The van der Waals surface area contributed by atoms with E-state index in [2.05, 4.69) is 36.7 Å². The van der Waals surface area contributed by atoms with Crippen LogP contribution in [0.2, 0.25) is 0 Å². The van der Waals surface area contributed by atoms with E-state index in [0.717, 1.165) is 5.92 Å². The summed E-state index contributed by atoms with van der Waals surface area (Å²) in [7, 11) is 0. The zero-order chi connectivity index (χ0) is 10.6. The zero-order valence-electron chi connectivity index (χ0n) is 9.63. The van der Waals surface area contributed by atoms with Crippen molar-refractivity contribution in [3.63, 3.8) is 0 Å². The van der Waals surface area contributed by atoms with Gasteiger partial charge in [0.05, 0.1) is 12.2 Å². The number of hydrogen-bond acceptors (Lipinski definition) is 1. The first kappa shape index (κ1) is 12.5. The van der Waals surface area contributed by atoms with Gasteiger partial charge in [0.15, 0.2) is 0 Å². The van der Waals surface area contributed by atoms with Crippen molar-refractivity contribution in [1.82, 2.24) is 0 Å². The van der Waals surface area contributed by atoms with Gasteiger partial charge in [0, 0.05) is 4.83 Å². The van der Waals surface area contributed by atoms with E-state index in [4.69, 9.17) is 4.74 Å². The standard InChI is InChI=1S/C12H23BrO/c1-9(2)8-10(3)14-12-7-5-4-6-11(12)13/h9-12H,4-8H2,1-3H3. The van der Waals surface area contributed by atoms with E-state index < -0.39 is 0 Å². The van der Waals surface area contributed by atoms with Crippen molar-refractivity contribution in [1.29, 1.82) is 0 Å². The molecule has 0 aromatic carbocycles. The molecule has 1 saturated carbocycles. The van der Waals surface area contributed by atoms with Crippen LogP contribution < -0.4 is 0 Å². The molecule has 0 aliphatic heterocycles. The fraction of sp³-hybridized carbons (Fsp3) is 1.00. The van der Waals surface area contributed by atoms with Crippen molar-refractivity contribution >= 4 is 15.9 Å². The van der Waals surface area contributed by atoms with Gasteiger partial charge in [0.2, 0.25) is 0 Å². The molecule has 0 heterocycles. The smallest absolute Gasteiger partial charge is 0.0703 e. The van der Waals surface area contributed by atoms with Gasteiger partial charge in [0.1, 0.15) is 0 Å². The molecule has 0 amide bonds. The highest BCUT2D eigenvalue weighted by Gasteiger charge is 2.25. The van der Waals surface area contributed by atoms with Crippen LogP contribution >= 0.6 is 15.9 Å². The maximum atomic E-state index is 6.07. The molecule has 0 spiro atoms. The molecule has 2 heteroatoms. The average molecular weight is 263 g/mol. The van der Waals surface area contributed by atoms with Crippen molar-refractivity contribution in [2.75, 3.05) is 0 Å². The van der Waals surface area contributed by atoms with Crippen LogP contribution in [-0.4, -0.2) is 17.0 Å². The van der Waals surface area contributed by atoms with Gasteiger partial charge >= 0.3 is 0 Å². The predicted octanol–water partition coefficient (Wildman–Crippen LogP) is 4.14. The topological polar surface area (TPSA) is 9.23 Å². The Kier molecular flexibility index (Phi) is 5.47. The van der Waals surface area contributed by atoms with Crippen molar-refractivity contribution in [2.24, 2.45) is 5.92 Å². The quantitative estimate of drug-likeness (QED) is 0.692. The Bertz CT molecular complexity index is 158. The highest BCUT2D eigenvalue weighted by molar-refractivity contribution is 9.09. The summed E-state index contributed by atoms with van der Waals surface area (Å²) in [5.74, 6) is 0.738. The van der Waals surface area contributed by atoms with E-state index in [0.29, 0.717) is 17.0 Å². The normalized spacial score (nSPS) is 30.6. The molecule has 1 nitrogen and oxygen atoms in total. The average Bonchev–Trinajstić information content (AvgIpc) is 2.07. The van der Waals surface area contributed by atoms with Crippen LogP contribution in [-0.2, 0) is 4.74 Å². The van der Waals surface area contributed by atoms with Crippen LogP contribution in [0.1, 0.15) is 52.9 Å². The molecule has 1 rings (SSSR count). The lowest BCUT2D eigenvalue weighted by Gasteiger charge is -2.30. The summed E-state index contributed by atoms with van der Waals surface area (Å²) in [6, 6.07) is 0. The fourth-order valence-electron chi connectivity index (χ4n) is 2.22. The summed E-state index contributed by atoms with van der Waals surface area (Å²) in [6.07, 6.45) is 7.25. The predicted molar refractivity (Wildman–Crippen MR) is 65.0 cm³/mol. The lowest BCUT2D eigenvalue weighted by atomic mass is 9.97. The van der Waals surface area contributed by atoms with E-state index in [1.165, 1.54) is 32.1 Å². The summed E-state index contributed by atoms with van der Waals surface area (Å²) >= 11 is 3.72. The lowest BCUT2D eigenvalue weighted by Crippen LogP contribution is -2.31. The molecule has 0 N–H and O–H groups in total. The first-order valence-corrected chi connectivity index (χ1v) is 6.80. The summed E-state index contributed by atoms with van der Waals surface area (Å²) < 4.78 is 6.07. The third-order valence-corrected chi connectivity index (χ3v) is 3.88. The second-order valence-corrected chi connectivity index (χ2v) is 6.09. The second-order valence-electron chi connectivity index (χ2n) is 4.92. The minimum Gasteiger partial charge on any atom is -0.374 e. The summed E-state index contributed by atoms with van der Waals surface area (Å²) in [5.41, 5.74) is 0. The molecule has 14 heavy (non-hydrogen) atoms. The highest BCUT2D eigenvalue weighted by atomic mass is 79.9. The highest BCUT2D eigenvalue weighted by Crippen LogP contribution is 2.28. The maximum Gasteiger partial charge on any atom is 0.0703 e. The Morgan fingerprint density at radius 3 is 2.43 bits per heavy atom. The third-order valence-electron chi connectivity index (χ3n) is 2.83. The Hall–Kier alpha value is 0.440. The van der Waals surface area contributed by atoms with E-state index >= 15 is 0 Å². The number of alkyl halides is 1. The first-order valence-electron chi connectivity index (χ1n) is 5.89. The fourth-order valence-corrected chi connectivity index (χ4v) is 2.94. The monoisotopic (exact) mass is 262 g/mol. The summed E-state index contributed by atoms with van der Waals surface area (Å²) in [4.78, 5) is 0.589. The molecule has 84 valence electrons. The largest absolute Gasteiger partial charge is 0.374 e. The SMILES string of the molecule is CC(C)CC(C)OC1CCCCC1Br. The number of halogens is 1. The molecule has 0 aromatic heterocycles.